The molecule has 0 spiro atoms. The summed E-state index contributed by atoms with van der Waals surface area (Å²) in [5.74, 6) is 3.30. The highest BCUT2D eigenvalue weighted by Crippen LogP contribution is 2.42. The minimum Gasteiger partial charge on any atom is -0.497 e. The van der Waals surface area contributed by atoms with Crippen molar-refractivity contribution in [1.29, 1.82) is 0 Å². The Balaban J connectivity index is 1.45. The summed E-state index contributed by atoms with van der Waals surface area (Å²) in [4.78, 5) is 16.5. The van der Waals surface area contributed by atoms with Crippen molar-refractivity contribution >= 4 is 17.5 Å². The second kappa shape index (κ2) is 9.08. The predicted octanol–water partition coefficient (Wildman–Crippen LogP) is 3.35. The molecule has 1 aliphatic rings. The van der Waals surface area contributed by atoms with Gasteiger partial charge in [0.1, 0.15) is 41.5 Å². The number of hydrogen-bond acceptors (Lipinski definition) is 6. The minimum absolute atomic E-state index is 0.118. The van der Waals surface area contributed by atoms with Gasteiger partial charge in [0.25, 0.3) is 0 Å². The van der Waals surface area contributed by atoms with E-state index in [0.29, 0.717) is 35.4 Å². The lowest BCUT2D eigenvalue weighted by atomic mass is 9.99. The van der Waals surface area contributed by atoms with Crippen LogP contribution in [0.25, 0.3) is 11.1 Å². The number of fused-ring (bicyclic) bond motifs is 1. The lowest BCUT2D eigenvalue weighted by molar-refractivity contribution is -0.122. The molecule has 4 rings (SSSR count). The zero-order chi connectivity index (χ0) is 22.8. The minimum atomic E-state index is -0.201. The van der Waals surface area contributed by atoms with Crippen LogP contribution in [0.15, 0.2) is 30.3 Å². The lowest BCUT2D eigenvalue weighted by Crippen LogP contribution is -2.36. The third kappa shape index (κ3) is 4.50. The Kier molecular flexibility index (Phi) is 6.23. The number of nitrogens with zero attached hydrogens (tertiary/aromatic N) is 3. The van der Waals surface area contributed by atoms with Crippen molar-refractivity contribution in [3.63, 3.8) is 0 Å². The molecule has 32 heavy (non-hydrogen) atoms. The van der Waals surface area contributed by atoms with E-state index in [4.69, 9.17) is 25.8 Å². The van der Waals surface area contributed by atoms with Crippen LogP contribution in [0.1, 0.15) is 17.2 Å². The monoisotopic (exact) mass is 456 g/mol. The van der Waals surface area contributed by atoms with Gasteiger partial charge in [-0.25, -0.2) is 9.67 Å². The van der Waals surface area contributed by atoms with Gasteiger partial charge in [0.15, 0.2) is 0 Å². The molecule has 2 heterocycles. The largest absolute Gasteiger partial charge is 0.497 e. The molecule has 1 atom stereocenters. The van der Waals surface area contributed by atoms with Crippen LogP contribution in [0.3, 0.4) is 0 Å². The molecule has 0 bridgehead atoms. The molecule has 1 aromatic heterocycles. The van der Waals surface area contributed by atoms with Crippen LogP contribution >= 0.6 is 11.6 Å². The average Bonchev–Trinajstić information content (AvgIpc) is 3.33. The second-order valence-electron chi connectivity index (χ2n) is 7.62. The average molecular weight is 457 g/mol. The highest BCUT2D eigenvalue weighted by atomic mass is 35.5. The Morgan fingerprint density at radius 3 is 2.75 bits per heavy atom. The Bertz CT molecular complexity index is 1160. The first kappa shape index (κ1) is 22.0. The number of nitrogens with one attached hydrogen (secondary N) is 1. The number of aryl methyl sites for hydroxylation is 2. The lowest BCUT2D eigenvalue weighted by Gasteiger charge is -2.13. The van der Waals surface area contributed by atoms with Gasteiger partial charge in [-0.15, -0.1) is 0 Å². The maximum Gasteiger partial charge on any atom is 0.241 e. The van der Waals surface area contributed by atoms with E-state index in [0.717, 1.165) is 28.2 Å². The van der Waals surface area contributed by atoms with E-state index < -0.39 is 0 Å². The van der Waals surface area contributed by atoms with E-state index >= 15 is 0 Å². The van der Waals surface area contributed by atoms with Crippen LogP contribution < -0.4 is 19.5 Å². The van der Waals surface area contributed by atoms with Gasteiger partial charge in [0.2, 0.25) is 5.91 Å². The number of benzene rings is 2. The van der Waals surface area contributed by atoms with E-state index in [2.05, 4.69) is 15.4 Å². The molecule has 8 nitrogen and oxygen atoms in total. The molecule has 1 unspecified atom stereocenters. The fraction of sp³-hybridized carbons (Fsp3) is 0.348. The number of amides is 1. The Hall–Kier alpha value is -3.26. The number of rotatable bonds is 7. The summed E-state index contributed by atoms with van der Waals surface area (Å²) in [7, 11) is 3.25. The van der Waals surface area contributed by atoms with Gasteiger partial charge in [-0.2, -0.15) is 5.10 Å². The van der Waals surface area contributed by atoms with Crippen LogP contribution in [0.2, 0.25) is 5.02 Å². The number of carbonyl (C=O) groups excluding carboxylic acids is 1. The van der Waals surface area contributed by atoms with Crippen molar-refractivity contribution in [2.75, 3.05) is 20.8 Å². The smallest absolute Gasteiger partial charge is 0.241 e. The second-order valence-corrected chi connectivity index (χ2v) is 8.03. The summed E-state index contributed by atoms with van der Waals surface area (Å²) in [6.07, 6.45) is 0.434. The van der Waals surface area contributed by atoms with E-state index in [1.165, 1.54) is 0 Å². The predicted molar refractivity (Wildman–Crippen MR) is 121 cm³/mol. The summed E-state index contributed by atoms with van der Waals surface area (Å²) in [6, 6.07) is 9.53. The molecule has 3 aromatic rings. The molecule has 1 aliphatic heterocycles. The first-order valence-electron chi connectivity index (χ1n) is 10.2. The van der Waals surface area contributed by atoms with Crippen LogP contribution in [-0.4, -0.2) is 47.5 Å². The van der Waals surface area contributed by atoms with Gasteiger partial charge in [-0.05, 0) is 49.7 Å². The first-order valence-corrected chi connectivity index (χ1v) is 10.6. The van der Waals surface area contributed by atoms with Gasteiger partial charge in [-0.3, -0.25) is 4.79 Å². The maximum absolute atomic E-state index is 12.3. The van der Waals surface area contributed by atoms with Gasteiger partial charge in [0.05, 0.1) is 25.8 Å². The van der Waals surface area contributed by atoms with Crippen molar-refractivity contribution in [3.05, 3.63) is 52.6 Å². The highest BCUT2D eigenvalue weighted by Gasteiger charge is 2.27. The molecule has 0 saturated carbocycles. The number of carbonyl (C=O) groups is 1. The zero-order valence-electron chi connectivity index (χ0n) is 18.4. The summed E-state index contributed by atoms with van der Waals surface area (Å²) in [5.41, 5.74) is 2.78. The molecule has 0 saturated heterocycles. The van der Waals surface area contributed by atoms with Crippen molar-refractivity contribution < 1.29 is 19.0 Å². The molecular weight excluding hydrogens is 432 g/mol. The summed E-state index contributed by atoms with van der Waals surface area (Å²) in [5, 5.41) is 7.65. The Morgan fingerprint density at radius 2 is 2.06 bits per heavy atom. The topological polar surface area (TPSA) is 87.5 Å². The van der Waals surface area contributed by atoms with Crippen molar-refractivity contribution in [2.45, 2.75) is 32.9 Å². The van der Waals surface area contributed by atoms with E-state index in [1.807, 2.05) is 37.3 Å². The van der Waals surface area contributed by atoms with Gasteiger partial charge in [-0.1, -0.05) is 11.6 Å². The fourth-order valence-electron chi connectivity index (χ4n) is 3.83. The Labute approximate surface area is 191 Å². The summed E-state index contributed by atoms with van der Waals surface area (Å²) < 4.78 is 18.5. The van der Waals surface area contributed by atoms with E-state index in [1.54, 1.807) is 25.8 Å². The molecule has 0 radical (unpaired) electrons. The normalized spacial score (nSPS) is 14.6. The maximum atomic E-state index is 12.3. The molecule has 0 fully saturated rings. The third-order valence-corrected chi connectivity index (χ3v) is 5.63. The molecule has 1 amide bonds. The van der Waals surface area contributed by atoms with Crippen LogP contribution in [0.4, 0.5) is 0 Å². The number of methoxy groups -OCH3 is 2. The van der Waals surface area contributed by atoms with Crippen LogP contribution in [0, 0.1) is 13.8 Å². The van der Waals surface area contributed by atoms with Crippen LogP contribution in [0.5, 0.6) is 17.2 Å². The fourth-order valence-corrected chi connectivity index (χ4v) is 4.11. The standard InChI is InChI=1S/C23H25ClN4O4/c1-13-26-14(2)28(27-13)12-22(29)25-11-18-8-16-7-15(9-20(24)23(16)32-18)19-10-17(30-3)5-6-21(19)31-4/h5-7,9-10,18H,8,11-12H2,1-4H3,(H,25,29). The Morgan fingerprint density at radius 1 is 1.25 bits per heavy atom. The zero-order valence-corrected chi connectivity index (χ0v) is 19.2. The van der Waals surface area contributed by atoms with Crippen molar-refractivity contribution in [2.24, 2.45) is 0 Å². The van der Waals surface area contributed by atoms with Gasteiger partial charge in [0, 0.05) is 17.5 Å². The number of hydrogen-bond donors (Lipinski definition) is 1. The van der Waals surface area contributed by atoms with E-state index in [-0.39, 0.29) is 18.6 Å². The SMILES string of the molecule is COc1ccc(OC)c(-c2cc(Cl)c3c(c2)CC(CNC(=O)Cn2nc(C)nc2C)O3)c1. The highest BCUT2D eigenvalue weighted by molar-refractivity contribution is 6.32. The van der Waals surface area contributed by atoms with Gasteiger partial charge >= 0.3 is 0 Å². The quantitative estimate of drug-likeness (QED) is 0.586. The van der Waals surface area contributed by atoms with Crippen LogP contribution in [-0.2, 0) is 17.8 Å². The molecule has 0 aliphatic carbocycles. The molecule has 1 N–H and O–H groups in total. The first-order chi connectivity index (χ1) is 15.4. The molecule has 168 valence electrons. The third-order valence-electron chi connectivity index (χ3n) is 5.35. The number of aromatic nitrogens is 3. The summed E-state index contributed by atoms with van der Waals surface area (Å²) >= 11 is 6.55. The van der Waals surface area contributed by atoms with Crippen molar-refractivity contribution in [1.82, 2.24) is 20.1 Å². The number of ether oxygens (including phenoxy) is 3. The molecule has 2 aromatic carbocycles. The van der Waals surface area contributed by atoms with Crippen molar-refractivity contribution in [3.8, 4) is 28.4 Å². The van der Waals surface area contributed by atoms with E-state index in [9.17, 15) is 4.79 Å². The summed E-state index contributed by atoms with van der Waals surface area (Å²) in [6.45, 7) is 4.10. The molecular formula is C23H25ClN4O4. The number of halogens is 1. The molecule has 9 heteroatoms. The van der Waals surface area contributed by atoms with Gasteiger partial charge < -0.3 is 19.5 Å².